The highest BCUT2D eigenvalue weighted by Crippen LogP contribution is 2.55. The molecule has 1 saturated carbocycles. The van der Waals surface area contributed by atoms with E-state index in [0.29, 0.717) is 12.3 Å². The molecule has 4 heterocycles. The van der Waals surface area contributed by atoms with Crippen molar-refractivity contribution >= 4 is 50.2 Å². The minimum atomic E-state index is -3.66. The Kier molecular flexibility index (Phi) is 12.3. The van der Waals surface area contributed by atoms with Crippen molar-refractivity contribution in [2.45, 2.75) is 56.3 Å². The molecule has 2 aliphatic rings. The largest absolute Gasteiger partial charge is 0.695 e. The first kappa shape index (κ1) is 36.0. The second kappa shape index (κ2) is 16.4. The number of rotatable bonds is 16. The van der Waals surface area contributed by atoms with Crippen molar-refractivity contribution in [3.8, 4) is 11.9 Å². The number of hydrogen-bond donors (Lipinski definition) is 3. The van der Waals surface area contributed by atoms with Gasteiger partial charge in [0.15, 0.2) is 17.4 Å². The average molecular weight is 727 g/mol. The lowest BCUT2D eigenvalue weighted by Gasteiger charge is -2.28. The van der Waals surface area contributed by atoms with Crippen LogP contribution in [-0.2, 0) is 39.2 Å². The van der Waals surface area contributed by atoms with Crippen LogP contribution in [0.25, 0.3) is 11.2 Å². The van der Waals surface area contributed by atoms with E-state index in [0.717, 1.165) is 0 Å². The lowest BCUT2D eigenvalue weighted by molar-refractivity contribution is -0.0480. The van der Waals surface area contributed by atoms with E-state index in [1.807, 2.05) is 6.07 Å². The molecule has 1 saturated heterocycles. The summed E-state index contributed by atoms with van der Waals surface area (Å²) >= 11 is 5.80. The lowest BCUT2D eigenvalue weighted by atomic mass is 10.1. The number of aliphatic imine (C=N–C) groups is 1. The third-order valence-corrected chi connectivity index (χ3v) is 10.1. The molecule has 258 valence electrons. The monoisotopic (exact) mass is 726 g/mol. The molecule has 1 aliphatic heterocycles. The van der Waals surface area contributed by atoms with Gasteiger partial charge in [-0.25, -0.2) is 19.9 Å². The molecule has 22 heteroatoms. The fourth-order valence-electron chi connectivity index (χ4n) is 5.23. The van der Waals surface area contributed by atoms with Crippen LogP contribution in [0.4, 0.5) is 5.95 Å². The third kappa shape index (κ3) is 9.21. The number of aromatic nitrogens is 6. The predicted molar refractivity (Wildman–Crippen MR) is 171 cm³/mol. The smallest absolute Gasteiger partial charge is 0.474 e. The highest BCUT2D eigenvalue weighted by Gasteiger charge is 2.45. The maximum absolute atomic E-state index is 12.8. The van der Waals surface area contributed by atoms with Crippen molar-refractivity contribution in [1.29, 1.82) is 5.26 Å². The number of nitrogens with one attached hydrogen (secondary N) is 1. The summed E-state index contributed by atoms with van der Waals surface area (Å²) < 4.78 is 48.8. The molecule has 48 heavy (non-hydrogen) atoms. The van der Waals surface area contributed by atoms with E-state index in [4.69, 9.17) is 44.6 Å². The van der Waals surface area contributed by atoms with E-state index in [9.17, 15) is 19.4 Å². The number of fused-ring (bicyclic) bond motifs is 1. The molecule has 1 aliphatic carbocycles. The molecule has 0 aromatic carbocycles. The first-order valence-corrected chi connectivity index (χ1v) is 18.4. The van der Waals surface area contributed by atoms with E-state index in [-0.39, 0.29) is 56.2 Å². The Balaban J connectivity index is 1.37. The molecule has 0 amide bonds. The first-order valence-electron chi connectivity index (χ1n) is 14.7. The molecular weight excluding hydrogens is 692 g/mol. The molecule has 5 rings (SSSR count). The summed E-state index contributed by atoms with van der Waals surface area (Å²) in [6.07, 6.45) is 2.85. The normalized spacial score (nSPS) is 25.7. The highest BCUT2D eigenvalue weighted by molar-refractivity contribution is 8.07. The SMILES string of the molecule is CN(C)C=Nc1nc2c(ncn2[C@@H]2O[C@H](CO)C[C@@H]2OP(=S)(OCCC#N)OC[C@H]2C[C@@H](Oc3ccncn3)C[C@@H]2O[P+](=O)O)c(=O)[nH]1. The summed E-state index contributed by atoms with van der Waals surface area (Å²) in [5.74, 6) is -0.0860. The van der Waals surface area contributed by atoms with Crippen molar-refractivity contribution in [2.75, 3.05) is 33.9 Å². The van der Waals surface area contributed by atoms with Crippen LogP contribution in [0, 0.1) is 17.2 Å². The Morgan fingerprint density at radius 1 is 1.31 bits per heavy atom. The van der Waals surface area contributed by atoms with Crippen LogP contribution in [0.1, 0.15) is 31.9 Å². The van der Waals surface area contributed by atoms with Crippen LogP contribution < -0.4 is 10.3 Å². The number of aliphatic hydroxyl groups excluding tert-OH is 1. The van der Waals surface area contributed by atoms with E-state index in [1.54, 1.807) is 25.1 Å². The van der Waals surface area contributed by atoms with E-state index in [1.165, 1.54) is 29.8 Å². The Bertz CT molecular complexity index is 1740. The number of aliphatic hydroxyl groups is 1. The molecule has 2 unspecified atom stereocenters. The van der Waals surface area contributed by atoms with Crippen LogP contribution >= 0.6 is 15.0 Å². The summed E-state index contributed by atoms with van der Waals surface area (Å²) in [6, 6.07) is 3.58. The minimum Gasteiger partial charge on any atom is -0.474 e. The second-order valence-corrected chi connectivity index (χ2v) is 14.7. The number of H-pyrrole nitrogens is 1. The second-order valence-electron chi connectivity index (χ2n) is 11.0. The maximum Gasteiger partial charge on any atom is 0.695 e. The fraction of sp³-hybridized carbons (Fsp3) is 0.577. The molecule has 3 aromatic heterocycles. The molecule has 3 aromatic rings. The number of hydrogen-bond acceptors (Lipinski definition) is 16. The van der Waals surface area contributed by atoms with Gasteiger partial charge < -0.3 is 33.1 Å². The Morgan fingerprint density at radius 2 is 2.15 bits per heavy atom. The zero-order valence-corrected chi connectivity index (χ0v) is 28.4. The van der Waals surface area contributed by atoms with Crippen molar-refractivity contribution in [3.05, 3.63) is 35.3 Å². The summed E-state index contributed by atoms with van der Waals surface area (Å²) in [4.78, 5) is 47.3. The quantitative estimate of drug-likeness (QED) is 0.0825. The maximum atomic E-state index is 12.8. The molecular formula is C26H34N9O10P2S+. The van der Waals surface area contributed by atoms with Gasteiger partial charge in [-0.05, 0) is 18.2 Å². The fourth-order valence-corrected chi connectivity index (χ4v) is 7.87. The Hall–Kier alpha value is -3.34. The van der Waals surface area contributed by atoms with Crippen molar-refractivity contribution in [3.63, 3.8) is 0 Å². The molecule has 0 bridgehead atoms. The van der Waals surface area contributed by atoms with Gasteiger partial charge in [-0.15, -0.1) is 9.42 Å². The predicted octanol–water partition coefficient (Wildman–Crippen LogP) is 1.86. The van der Waals surface area contributed by atoms with Gasteiger partial charge in [0.1, 0.15) is 24.6 Å². The van der Waals surface area contributed by atoms with Gasteiger partial charge >= 0.3 is 15.0 Å². The van der Waals surface area contributed by atoms with E-state index < -0.39 is 57.1 Å². The van der Waals surface area contributed by atoms with Crippen LogP contribution in [0.15, 0.2) is 34.7 Å². The number of ether oxygens (including phenoxy) is 2. The van der Waals surface area contributed by atoms with E-state index >= 15 is 0 Å². The summed E-state index contributed by atoms with van der Waals surface area (Å²) in [6.45, 7) is -4.20. The summed E-state index contributed by atoms with van der Waals surface area (Å²) in [5, 5.41) is 19.1. The highest BCUT2D eigenvalue weighted by atomic mass is 32.5. The van der Waals surface area contributed by atoms with Crippen LogP contribution in [-0.4, -0.2) is 109 Å². The van der Waals surface area contributed by atoms with Gasteiger partial charge in [-0.2, -0.15) is 10.2 Å². The van der Waals surface area contributed by atoms with Crippen molar-refractivity contribution in [2.24, 2.45) is 10.9 Å². The zero-order chi connectivity index (χ0) is 34.3. The molecule has 0 radical (unpaired) electrons. The van der Waals surface area contributed by atoms with Gasteiger partial charge in [0.2, 0.25) is 11.8 Å². The van der Waals surface area contributed by atoms with Gasteiger partial charge in [0.25, 0.3) is 5.56 Å². The van der Waals surface area contributed by atoms with Crippen molar-refractivity contribution < 1.29 is 42.1 Å². The number of aromatic amines is 1. The lowest BCUT2D eigenvalue weighted by Crippen LogP contribution is -2.25. The van der Waals surface area contributed by atoms with Gasteiger partial charge in [0, 0.05) is 49.7 Å². The molecule has 0 spiro atoms. The zero-order valence-electron chi connectivity index (χ0n) is 25.8. The Morgan fingerprint density at radius 3 is 2.85 bits per heavy atom. The van der Waals surface area contributed by atoms with Crippen LogP contribution in [0.2, 0.25) is 0 Å². The van der Waals surface area contributed by atoms with Gasteiger partial charge in [0.05, 0.1) is 51.1 Å². The van der Waals surface area contributed by atoms with Gasteiger partial charge in [-0.3, -0.25) is 14.3 Å². The third-order valence-electron chi connectivity index (χ3n) is 7.28. The van der Waals surface area contributed by atoms with Gasteiger partial charge in [-0.1, -0.05) is 0 Å². The van der Waals surface area contributed by atoms with Crippen LogP contribution in [0.5, 0.6) is 5.88 Å². The molecule has 2 fully saturated rings. The first-order chi connectivity index (χ1) is 23.1. The number of nitriles is 1. The molecule has 8 atom stereocenters. The molecule has 19 nitrogen and oxygen atoms in total. The summed E-state index contributed by atoms with van der Waals surface area (Å²) in [5.41, 5.74) is -0.338. The minimum absolute atomic E-state index is 0.000925. The number of imidazole rings is 1. The van der Waals surface area contributed by atoms with Crippen molar-refractivity contribution in [1.82, 2.24) is 34.4 Å². The average Bonchev–Trinajstić information content (AvgIpc) is 3.76. The van der Waals surface area contributed by atoms with E-state index in [2.05, 4.69) is 29.9 Å². The molecule has 3 N–H and O–H groups in total. The topological polar surface area (TPSA) is 242 Å². The summed E-state index contributed by atoms with van der Waals surface area (Å²) in [7, 11) is 0.595. The Labute approximate surface area is 280 Å². The number of nitrogens with zero attached hydrogens (tertiary/aromatic N) is 8. The van der Waals surface area contributed by atoms with Crippen LogP contribution in [0.3, 0.4) is 0 Å². The standard InChI is InChI=1S/C26H33N9O10P2S/c1-34(2)14-31-26-32-23-22(24(37)33-26)30-15-35(23)25-20(10-18(11-36)43-25)45-47(48,40-7-3-5-27)41-12-16-8-17(9-19(16)44-46(38)39)42-21-4-6-28-13-29-21/h4,6,13-20,25,36H,3,7-12H2,1-2H3,(H-,32,33,37,38,39)/p+1/t16-,17-,18+,19+,20+,25-,47?/m1/s1.